The molecule has 1 saturated heterocycles. The van der Waals surface area contributed by atoms with Crippen molar-refractivity contribution >= 4 is 34.4 Å². The van der Waals surface area contributed by atoms with Crippen molar-refractivity contribution in [1.82, 2.24) is 9.88 Å². The van der Waals surface area contributed by atoms with Crippen LogP contribution in [0, 0.1) is 0 Å². The standard InChI is InChI=1S/C26H30N4O3/c1-29-12-14-30(15-13-29)21-9-7-20(8-10-21)27-18-24-23-17-19(5-3-2-4-16-31)6-11-22(23)25(32)28-26(24)33/h3,5-11,17-18,31H,2,4,12-16H2,1H3,(H2,28,32,33)/b5-3+,27-18?. The molecule has 0 radical (unpaired) electrons. The minimum Gasteiger partial charge on any atom is -0.494 e. The summed E-state index contributed by atoms with van der Waals surface area (Å²) >= 11 is 0. The number of benzene rings is 2. The zero-order valence-electron chi connectivity index (χ0n) is 18.9. The van der Waals surface area contributed by atoms with E-state index in [1.165, 1.54) is 5.69 Å². The fourth-order valence-electron chi connectivity index (χ4n) is 3.97. The molecule has 7 heteroatoms. The first-order valence-corrected chi connectivity index (χ1v) is 11.3. The van der Waals surface area contributed by atoms with Crippen LogP contribution in [0.15, 0.2) is 58.3 Å². The molecule has 0 aliphatic carbocycles. The molecule has 172 valence electrons. The van der Waals surface area contributed by atoms with Crippen LogP contribution in [0.25, 0.3) is 16.8 Å². The third kappa shape index (κ3) is 5.50. The van der Waals surface area contributed by atoms with Crippen molar-refractivity contribution in [2.75, 3.05) is 44.7 Å². The molecule has 3 aromatic rings. The molecule has 1 fully saturated rings. The van der Waals surface area contributed by atoms with Gasteiger partial charge in [-0.05, 0) is 61.9 Å². The van der Waals surface area contributed by atoms with Gasteiger partial charge in [-0.3, -0.25) is 14.8 Å². The number of anilines is 1. The number of fused-ring (bicyclic) bond motifs is 1. The number of hydrogen-bond donors (Lipinski definition) is 3. The lowest BCUT2D eigenvalue weighted by atomic mass is 10.0. The highest BCUT2D eigenvalue weighted by Crippen LogP contribution is 2.25. The van der Waals surface area contributed by atoms with Crippen LogP contribution in [0.2, 0.25) is 0 Å². The third-order valence-corrected chi connectivity index (χ3v) is 5.97. The van der Waals surface area contributed by atoms with Crippen LogP contribution in [0.4, 0.5) is 11.4 Å². The van der Waals surface area contributed by atoms with Crippen LogP contribution in [-0.4, -0.2) is 66.1 Å². The Bertz CT molecular complexity index is 1210. The predicted molar refractivity (Wildman–Crippen MR) is 135 cm³/mol. The van der Waals surface area contributed by atoms with Gasteiger partial charge >= 0.3 is 0 Å². The summed E-state index contributed by atoms with van der Waals surface area (Å²) in [5, 5.41) is 20.5. The second kappa shape index (κ2) is 10.5. The highest BCUT2D eigenvalue weighted by Gasteiger charge is 2.14. The molecule has 3 N–H and O–H groups in total. The monoisotopic (exact) mass is 446 g/mol. The van der Waals surface area contributed by atoms with Crippen LogP contribution in [0.5, 0.6) is 5.88 Å². The Morgan fingerprint density at radius 1 is 1.06 bits per heavy atom. The molecular weight excluding hydrogens is 416 g/mol. The molecule has 0 saturated carbocycles. The molecule has 0 bridgehead atoms. The molecule has 0 amide bonds. The zero-order chi connectivity index (χ0) is 23.2. The van der Waals surface area contributed by atoms with Crippen LogP contribution >= 0.6 is 0 Å². The highest BCUT2D eigenvalue weighted by atomic mass is 16.3. The molecule has 0 atom stereocenters. The number of unbranched alkanes of at least 4 members (excludes halogenated alkanes) is 1. The number of allylic oxidation sites excluding steroid dienone is 1. The fraction of sp³-hybridized carbons (Fsp3) is 0.308. The number of aliphatic imine (C=N–C) groups is 1. The van der Waals surface area contributed by atoms with Gasteiger partial charge in [-0.15, -0.1) is 0 Å². The average molecular weight is 447 g/mol. The number of aromatic amines is 1. The van der Waals surface area contributed by atoms with E-state index in [0.717, 1.165) is 43.9 Å². The Hall–Kier alpha value is -3.42. The van der Waals surface area contributed by atoms with E-state index >= 15 is 0 Å². The number of nitrogens with zero attached hydrogens (tertiary/aromatic N) is 3. The molecule has 1 aliphatic rings. The number of aromatic nitrogens is 1. The Labute approximate surface area is 193 Å². The van der Waals surface area contributed by atoms with Crippen LogP contribution < -0.4 is 10.5 Å². The number of piperazine rings is 1. The van der Waals surface area contributed by atoms with E-state index in [1.54, 1.807) is 12.3 Å². The van der Waals surface area contributed by atoms with E-state index in [0.29, 0.717) is 22.8 Å². The number of aliphatic hydroxyl groups is 1. The number of rotatable bonds is 7. The van der Waals surface area contributed by atoms with Crippen molar-refractivity contribution in [3.05, 3.63) is 70.0 Å². The van der Waals surface area contributed by atoms with E-state index in [4.69, 9.17) is 5.11 Å². The van der Waals surface area contributed by atoms with Gasteiger partial charge in [-0.2, -0.15) is 0 Å². The van der Waals surface area contributed by atoms with Crippen molar-refractivity contribution in [2.24, 2.45) is 4.99 Å². The van der Waals surface area contributed by atoms with Gasteiger partial charge in [0.15, 0.2) is 0 Å². The van der Waals surface area contributed by atoms with Crippen molar-refractivity contribution < 1.29 is 10.2 Å². The average Bonchev–Trinajstić information content (AvgIpc) is 2.82. The minimum atomic E-state index is -0.341. The lowest BCUT2D eigenvalue weighted by molar-refractivity contribution is 0.290. The smallest absolute Gasteiger partial charge is 0.258 e. The quantitative estimate of drug-likeness (QED) is 0.382. The van der Waals surface area contributed by atoms with Gasteiger partial charge in [0.25, 0.3) is 5.56 Å². The number of hydrogen-bond acceptors (Lipinski definition) is 6. The molecule has 7 nitrogen and oxygen atoms in total. The first kappa shape index (κ1) is 22.8. The van der Waals surface area contributed by atoms with Gasteiger partial charge in [0.2, 0.25) is 5.88 Å². The molecule has 1 aliphatic heterocycles. The number of H-pyrrole nitrogens is 1. The van der Waals surface area contributed by atoms with Gasteiger partial charge < -0.3 is 20.0 Å². The summed E-state index contributed by atoms with van der Waals surface area (Å²) < 4.78 is 0. The minimum absolute atomic E-state index is 0.155. The summed E-state index contributed by atoms with van der Waals surface area (Å²) in [7, 11) is 2.14. The number of nitrogens with one attached hydrogen (secondary N) is 1. The van der Waals surface area contributed by atoms with Crippen LogP contribution in [0.1, 0.15) is 24.0 Å². The largest absolute Gasteiger partial charge is 0.494 e. The van der Waals surface area contributed by atoms with Gasteiger partial charge in [-0.1, -0.05) is 18.2 Å². The van der Waals surface area contributed by atoms with Gasteiger partial charge in [0.05, 0.1) is 11.3 Å². The Morgan fingerprint density at radius 3 is 2.55 bits per heavy atom. The van der Waals surface area contributed by atoms with E-state index in [2.05, 4.69) is 39.0 Å². The lowest BCUT2D eigenvalue weighted by Crippen LogP contribution is -2.44. The molecule has 33 heavy (non-hydrogen) atoms. The van der Waals surface area contributed by atoms with Crippen molar-refractivity contribution in [1.29, 1.82) is 0 Å². The summed E-state index contributed by atoms with van der Waals surface area (Å²) in [4.78, 5) is 24.1. The topological polar surface area (TPSA) is 92.2 Å². The van der Waals surface area contributed by atoms with Crippen molar-refractivity contribution in [3.63, 3.8) is 0 Å². The maximum Gasteiger partial charge on any atom is 0.258 e. The van der Waals surface area contributed by atoms with E-state index in [-0.39, 0.29) is 18.0 Å². The maximum atomic E-state index is 12.3. The molecule has 2 heterocycles. The molecule has 0 unspecified atom stereocenters. The number of pyridine rings is 1. The van der Waals surface area contributed by atoms with Crippen molar-refractivity contribution in [2.45, 2.75) is 12.8 Å². The molecule has 0 spiro atoms. The van der Waals surface area contributed by atoms with E-state index in [9.17, 15) is 9.90 Å². The van der Waals surface area contributed by atoms with Gasteiger partial charge in [0.1, 0.15) is 0 Å². The summed E-state index contributed by atoms with van der Waals surface area (Å²) in [6.07, 6.45) is 7.01. The first-order chi connectivity index (χ1) is 16.0. The SMILES string of the molecule is CN1CCN(c2ccc(N=Cc3c(O)[nH]c(=O)c4ccc(/C=C/CCCO)cc34)cc2)CC1. The van der Waals surface area contributed by atoms with Gasteiger partial charge in [-0.25, -0.2) is 0 Å². The second-order valence-corrected chi connectivity index (χ2v) is 8.35. The Morgan fingerprint density at radius 2 is 1.82 bits per heavy atom. The number of likely N-dealkylation sites (N-methyl/N-ethyl adjacent to an activating group) is 1. The Kier molecular flexibility index (Phi) is 7.22. The maximum absolute atomic E-state index is 12.3. The predicted octanol–water partition coefficient (Wildman–Crippen LogP) is 3.52. The normalized spacial score (nSPS) is 15.3. The molecular formula is C26H30N4O3. The number of aromatic hydroxyl groups is 1. The molecule has 1 aromatic heterocycles. The third-order valence-electron chi connectivity index (χ3n) is 5.97. The summed E-state index contributed by atoms with van der Waals surface area (Å²) in [5.41, 5.74) is 2.99. The summed E-state index contributed by atoms with van der Waals surface area (Å²) in [6.45, 7) is 4.27. The number of aliphatic hydroxyl groups excluding tert-OH is 1. The highest BCUT2D eigenvalue weighted by molar-refractivity contribution is 6.02. The van der Waals surface area contributed by atoms with E-state index < -0.39 is 0 Å². The van der Waals surface area contributed by atoms with Crippen LogP contribution in [-0.2, 0) is 0 Å². The molecule has 2 aromatic carbocycles. The van der Waals surface area contributed by atoms with Crippen molar-refractivity contribution in [3.8, 4) is 5.88 Å². The van der Waals surface area contributed by atoms with Gasteiger partial charge in [0, 0.05) is 55.5 Å². The van der Waals surface area contributed by atoms with E-state index in [1.807, 2.05) is 36.4 Å². The Balaban J connectivity index is 1.59. The molecule has 4 rings (SSSR count). The summed E-state index contributed by atoms with van der Waals surface area (Å²) in [5.74, 6) is -0.202. The summed E-state index contributed by atoms with van der Waals surface area (Å²) in [6, 6.07) is 13.5. The second-order valence-electron chi connectivity index (χ2n) is 8.35. The van der Waals surface area contributed by atoms with Crippen LogP contribution in [0.3, 0.4) is 0 Å². The zero-order valence-corrected chi connectivity index (χ0v) is 18.9. The fourth-order valence-corrected chi connectivity index (χ4v) is 3.97. The lowest BCUT2D eigenvalue weighted by Gasteiger charge is -2.34. The first-order valence-electron chi connectivity index (χ1n) is 11.3.